The normalized spacial score (nSPS) is 20.6. The van der Waals surface area contributed by atoms with Crippen molar-refractivity contribution in [2.45, 2.75) is 18.4 Å². The van der Waals surface area contributed by atoms with E-state index in [1.54, 1.807) is 7.05 Å². The van der Waals surface area contributed by atoms with E-state index in [9.17, 15) is 4.39 Å². The van der Waals surface area contributed by atoms with Crippen LogP contribution in [0.25, 0.3) is 0 Å². The van der Waals surface area contributed by atoms with Gasteiger partial charge in [0, 0.05) is 19.0 Å². The number of halogens is 2. The molecule has 0 bridgehead atoms. The van der Waals surface area contributed by atoms with Gasteiger partial charge in [-0.05, 0) is 24.1 Å². The Bertz CT molecular complexity index is 617. The van der Waals surface area contributed by atoms with Gasteiger partial charge in [0.25, 0.3) is 0 Å². The van der Waals surface area contributed by atoms with Gasteiger partial charge in [-0.3, -0.25) is 0 Å². The molecule has 2 aromatic rings. The first kappa shape index (κ1) is 13.1. The van der Waals surface area contributed by atoms with Gasteiger partial charge in [0.05, 0.1) is 0 Å². The number of hydrogen-bond donors (Lipinski definition) is 2. The lowest BCUT2D eigenvalue weighted by Crippen LogP contribution is -2.09. The van der Waals surface area contributed by atoms with Gasteiger partial charge < -0.3 is 10.6 Å². The number of nitrogens with zero attached hydrogens (tertiary/aromatic N) is 2. The third kappa shape index (κ3) is 2.54. The molecule has 1 aliphatic rings. The van der Waals surface area contributed by atoms with Crippen molar-refractivity contribution in [3.8, 4) is 0 Å². The maximum atomic E-state index is 12.9. The summed E-state index contributed by atoms with van der Waals surface area (Å²) < 4.78 is 12.9. The van der Waals surface area contributed by atoms with Gasteiger partial charge in [-0.1, -0.05) is 23.7 Å². The summed E-state index contributed by atoms with van der Waals surface area (Å²) >= 11 is 6.01. The smallest absolute Gasteiger partial charge is 0.157 e. The summed E-state index contributed by atoms with van der Waals surface area (Å²) in [7, 11) is 1.78. The minimum absolute atomic E-state index is 0.209. The Morgan fingerprint density at radius 2 is 2.00 bits per heavy atom. The van der Waals surface area contributed by atoms with Crippen molar-refractivity contribution >= 4 is 23.1 Å². The average Bonchev–Trinajstić information content (AvgIpc) is 3.19. The molecule has 1 aliphatic carbocycles. The first-order valence-corrected chi connectivity index (χ1v) is 6.77. The summed E-state index contributed by atoms with van der Waals surface area (Å²) in [5.41, 5.74) is 1.83. The topological polar surface area (TPSA) is 49.8 Å². The van der Waals surface area contributed by atoms with E-state index in [4.69, 9.17) is 11.6 Å². The first-order chi connectivity index (χ1) is 9.69. The molecule has 0 aliphatic heterocycles. The molecule has 0 spiro atoms. The molecule has 2 atom stereocenters. The Morgan fingerprint density at radius 1 is 1.25 bits per heavy atom. The highest BCUT2D eigenvalue weighted by atomic mass is 35.5. The van der Waals surface area contributed by atoms with Gasteiger partial charge in [-0.15, -0.1) is 0 Å². The van der Waals surface area contributed by atoms with Crippen LogP contribution in [-0.2, 0) is 0 Å². The molecule has 1 fully saturated rings. The van der Waals surface area contributed by atoms with E-state index in [-0.39, 0.29) is 5.82 Å². The Hall–Kier alpha value is -1.88. The monoisotopic (exact) mass is 292 g/mol. The second-order valence-electron chi connectivity index (χ2n) is 4.78. The van der Waals surface area contributed by atoms with Crippen LogP contribution < -0.4 is 10.6 Å². The van der Waals surface area contributed by atoms with Gasteiger partial charge in [-0.2, -0.15) is 0 Å². The second kappa shape index (κ2) is 5.25. The molecule has 0 radical (unpaired) electrons. The van der Waals surface area contributed by atoms with Gasteiger partial charge in [0.15, 0.2) is 11.0 Å². The molecule has 2 N–H and O–H groups in total. The lowest BCUT2D eigenvalue weighted by molar-refractivity contribution is 0.627. The summed E-state index contributed by atoms with van der Waals surface area (Å²) in [6.45, 7) is 0. The summed E-state index contributed by atoms with van der Waals surface area (Å²) in [4.78, 5) is 8.14. The Balaban J connectivity index is 1.72. The third-order valence-electron chi connectivity index (χ3n) is 3.46. The number of aromatic nitrogens is 2. The highest BCUT2D eigenvalue weighted by Gasteiger charge is 2.39. The molecule has 1 aromatic carbocycles. The minimum Gasteiger partial charge on any atom is -0.383 e. The lowest BCUT2D eigenvalue weighted by atomic mass is 10.1. The number of hydrogen-bond acceptors (Lipinski definition) is 4. The Labute approximate surface area is 121 Å². The zero-order valence-corrected chi connectivity index (χ0v) is 11.7. The van der Waals surface area contributed by atoms with Crippen LogP contribution in [-0.4, -0.2) is 23.1 Å². The highest BCUT2D eigenvalue weighted by Crippen LogP contribution is 2.43. The number of nitrogens with one attached hydrogen (secondary N) is 2. The molecule has 104 valence electrons. The van der Waals surface area contributed by atoms with E-state index in [0.29, 0.717) is 28.6 Å². The van der Waals surface area contributed by atoms with E-state index < -0.39 is 0 Å². The zero-order valence-electron chi connectivity index (χ0n) is 10.9. The fourth-order valence-electron chi connectivity index (χ4n) is 2.30. The average molecular weight is 293 g/mol. The molecule has 4 nitrogen and oxygen atoms in total. The molecule has 0 unspecified atom stereocenters. The predicted octanol–water partition coefficient (Wildman–Crippen LogP) is 3.28. The van der Waals surface area contributed by atoms with E-state index >= 15 is 0 Å². The van der Waals surface area contributed by atoms with Crippen LogP contribution in [0.3, 0.4) is 0 Å². The Morgan fingerprint density at radius 3 is 2.70 bits per heavy atom. The molecule has 20 heavy (non-hydrogen) atoms. The number of anilines is 2. The molecular formula is C14H14ClFN4. The number of rotatable bonds is 4. The molecular weight excluding hydrogens is 279 g/mol. The molecule has 1 heterocycles. The zero-order chi connectivity index (χ0) is 14.1. The standard InChI is InChI=1S/C14H14ClFN4/c1-17-12-13(15)18-7-19-14(12)20-11-6-10(11)8-2-4-9(16)5-3-8/h2-5,7,10-11,17H,6H2,1H3,(H,18,19,20)/t10-,11+/m0/s1. The van der Waals surface area contributed by atoms with Gasteiger partial charge in [0.1, 0.15) is 17.8 Å². The van der Waals surface area contributed by atoms with Crippen LogP contribution >= 0.6 is 11.6 Å². The molecule has 6 heteroatoms. The molecule has 0 saturated heterocycles. The van der Waals surface area contributed by atoms with Gasteiger partial charge in [0.2, 0.25) is 0 Å². The van der Waals surface area contributed by atoms with E-state index in [1.807, 2.05) is 12.1 Å². The maximum absolute atomic E-state index is 12.9. The fourth-order valence-corrected chi connectivity index (χ4v) is 2.53. The summed E-state index contributed by atoms with van der Waals surface area (Å²) in [6.07, 6.45) is 2.43. The van der Waals surface area contributed by atoms with E-state index in [2.05, 4.69) is 20.6 Å². The van der Waals surface area contributed by atoms with E-state index in [1.165, 1.54) is 18.5 Å². The third-order valence-corrected chi connectivity index (χ3v) is 3.75. The van der Waals surface area contributed by atoms with Crippen LogP contribution in [0.2, 0.25) is 5.15 Å². The first-order valence-electron chi connectivity index (χ1n) is 6.39. The SMILES string of the molecule is CNc1c(Cl)ncnc1N[C@@H]1C[C@H]1c1ccc(F)cc1. The highest BCUT2D eigenvalue weighted by molar-refractivity contribution is 6.32. The van der Waals surface area contributed by atoms with Gasteiger partial charge in [-0.25, -0.2) is 14.4 Å². The molecule has 1 aromatic heterocycles. The molecule has 1 saturated carbocycles. The fraction of sp³-hybridized carbons (Fsp3) is 0.286. The van der Waals surface area contributed by atoms with E-state index in [0.717, 1.165) is 12.0 Å². The van der Waals surface area contributed by atoms with Crippen LogP contribution in [0, 0.1) is 5.82 Å². The van der Waals surface area contributed by atoms with Crippen molar-refractivity contribution in [1.29, 1.82) is 0 Å². The number of benzene rings is 1. The predicted molar refractivity (Wildman–Crippen MR) is 77.8 cm³/mol. The molecule has 0 amide bonds. The van der Waals surface area contributed by atoms with Crippen molar-refractivity contribution in [3.63, 3.8) is 0 Å². The largest absolute Gasteiger partial charge is 0.383 e. The maximum Gasteiger partial charge on any atom is 0.157 e. The van der Waals surface area contributed by atoms with Gasteiger partial charge >= 0.3 is 0 Å². The minimum atomic E-state index is -0.209. The lowest BCUT2D eigenvalue weighted by Gasteiger charge is -2.11. The van der Waals surface area contributed by atoms with Crippen molar-refractivity contribution in [3.05, 3.63) is 47.1 Å². The van der Waals surface area contributed by atoms with Crippen molar-refractivity contribution in [2.75, 3.05) is 17.7 Å². The summed E-state index contributed by atoms with van der Waals surface area (Å²) in [5.74, 6) is 0.870. The van der Waals surface area contributed by atoms with Crippen molar-refractivity contribution < 1.29 is 4.39 Å². The summed E-state index contributed by atoms with van der Waals surface area (Å²) in [6, 6.07) is 6.93. The summed E-state index contributed by atoms with van der Waals surface area (Å²) in [5, 5.41) is 6.73. The van der Waals surface area contributed by atoms with Crippen molar-refractivity contribution in [1.82, 2.24) is 9.97 Å². The van der Waals surface area contributed by atoms with Crippen LogP contribution in [0.1, 0.15) is 17.9 Å². The van der Waals surface area contributed by atoms with Crippen LogP contribution in [0.5, 0.6) is 0 Å². The van der Waals surface area contributed by atoms with Crippen LogP contribution in [0.15, 0.2) is 30.6 Å². The Kier molecular flexibility index (Phi) is 3.44. The second-order valence-corrected chi connectivity index (χ2v) is 5.14. The molecule has 3 rings (SSSR count). The van der Waals surface area contributed by atoms with Crippen molar-refractivity contribution in [2.24, 2.45) is 0 Å². The van der Waals surface area contributed by atoms with Crippen LogP contribution in [0.4, 0.5) is 15.9 Å². The quantitative estimate of drug-likeness (QED) is 0.849.